The Morgan fingerprint density at radius 3 is 2.39 bits per heavy atom. The highest BCUT2D eigenvalue weighted by Gasteiger charge is 2.31. The summed E-state index contributed by atoms with van der Waals surface area (Å²) in [5.41, 5.74) is 8.73. The third-order valence-corrected chi connectivity index (χ3v) is 8.59. The summed E-state index contributed by atoms with van der Waals surface area (Å²) >= 11 is 6.31. The highest BCUT2D eigenvalue weighted by atomic mass is 35.5. The molecule has 242 valence electrons. The number of H-pyrrole nitrogens is 1. The average molecular weight is 653 g/mol. The van der Waals surface area contributed by atoms with Crippen LogP contribution in [0.1, 0.15) is 56.1 Å². The van der Waals surface area contributed by atoms with Gasteiger partial charge in [-0.05, 0) is 99.5 Å². The van der Waals surface area contributed by atoms with Gasteiger partial charge in [0.15, 0.2) is 0 Å². The molecule has 2 aromatic heterocycles. The minimum Gasteiger partial charge on any atom is -0.494 e. The van der Waals surface area contributed by atoms with Crippen molar-refractivity contribution in [2.45, 2.75) is 60.4 Å². The van der Waals surface area contributed by atoms with Gasteiger partial charge in [0.05, 0.1) is 17.8 Å². The van der Waals surface area contributed by atoms with Crippen molar-refractivity contribution in [3.63, 3.8) is 0 Å². The SMILES string of the molecule is Cc1cc(CNC(=O)c2[nH]c3c(-c4c(C)nn(C)c4C)cccc3c2CCCOc2cc(C)c(Cl)c(C)c2)cc(OC(F)(F)F)c1. The number of nitrogens with one attached hydrogen (secondary N) is 2. The summed E-state index contributed by atoms with van der Waals surface area (Å²) in [7, 11) is 1.89. The van der Waals surface area contributed by atoms with Crippen molar-refractivity contribution in [3.05, 3.63) is 98.5 Å². The number of benzene rings is 3. The molecule has 5 rings (SSSR count). The number of fused-ring (bicyclic) bond motifs is 1. The van der Waals surface area contributed by atoms with Gasteiger partial charge in [-0.2, -0.15) is 5.10 Å². The van der Waals surface area contributed by atoms with Gasteiger partial charge in [-0.1, -0.05) is 35.9 Å². The fourth-order valence-electron chi connectivity index (χ4n) is 5.92. The maximum Gasteiger partial charge on any atom is 0.573 e. The van der Waals surface area contributed by atoms with Crippen LogP contribution < -0.4 is 14.8 Å². The summed E-state index contributed by atoms with van der Waals surface area (Å²) in [6, 6.07) is 14.0. The summed E-state index contributed by atoms with van der Waals surface area (Å²) in [6.07, 6.45) is -3.65. The Hall–Kier alpha value is -4.44. The minimum absolute atomic E-state index is 0.00952. The molecule has 0 saturated carbocycles. The fraction of sp³-hybridized carbons (Fsp3) is 0.314. The van der Waals surface area contributed by atoms with Crippen molar-refractivity contribution in [1.82, 2.24) is 20.1 Å². The largest absolute Gasteiger partial charge is 0.573 e. The van der Waals surface area contributed by atoms with Gasteiger partial charge < -0.3 is 19.8 Å². The zero-order valence-corrected chi connectivity index (χ0v) is 27.3. The van der Waals surface area contributed by atoms with Crippen LogP contribution >= 0.6 is 11.6 Å². The predicted molar refractivity (Wildman–Crippen MR) is 174 cm³/mol. The molecule has 2 N–H and O–H groups in total. The number of rotatable bonds is 10. The number of amides is 1. The molecular weight excluding hydrogens is 617 g/mol. The Morgan fingerprint density at radius 2 is 1.74 bits per heavy atom. The molecule has 3 aromatic carbocycles. The van der Waals surface area contributed by atoms with E-state index in [4.69, 9.17) is 16.3 Å². The van der Waals surface area contributed by atoms with Crippen LogP contribution in [0.25, 0.3) is 22.0 Å². The lowest BCUT2D eigenvalue weighted by Crippen LogP contribution is -2.24. The van der Waals surface area contributed by atoms with Crippen LogP contribution in [0.3, 0.4) is 0 Å². The highest BCUT2D eigenvalue weighted by molar-refractivity contribution is 6.32. The molecule has 0 atom stereocenters. The Balaban J connectivity index is 1.44. The first kappa shape index (κ1) is 32.9. The zero-order valence-electron chi connectivity index (χ0n) is 26.6. The Bertz CT molecular complexity index is 1900. The van der Waals surface area contributed by atoms with Crippen LogP contribution in [0.15, 0.2) is 48.5 Å². The van der Waals surface area contributed by atoms with Gasteiger partial charge in [0, 0.05) is 40.8 Å². The number of hydrogen-bond donors (Lipinski definition) is 2. The molecule has 0 unspecified atom stereocenters. The number of nitrogens with zero attached hydrogens (tertiary/aromatic N) is 2. The number of aromatic nitrogens is 3. The lowest BCUT2D eigenvalue weighted by atomic mass is 9.98. The van der Waals surface area contributed by atoms with Crippen molar-refractivity contribution in [2.75, 3.05) is 6.61 Å². The summed E-state index contributed by atoms with van der Waals surface area (Å²) in [5, 5.41) is 9.09. The molecule has 0 saturated heterocycles. The van der Waals surface area contributed by atoms with Crippen LogP contribution in [0.2, 0.25) is 5.02 Å². The van der Waals surface area contributed by atoms with Crippen LogP contribution in [0, 0.1) is 34.6 Å². The normalized spacial score (nSPS) is 11.7. The van der Waals surface area contributed by atoms with E-state index in [-0.39, 0.29) is 18.2 Å². The van der Waals surface area contributed by atoms with Crippen LogP contribution in [0.5, 0.6) is 11.5 Å². The Labute approximate surface area is 270 Å². The molecule has 0 radical (unpaired) electrons. The topological polar surface area (TPSA) is 81.2 Å². The van der Waals surface area contributed by atoms with Crippen LogP contribution in [-0.4, -0.2) is 33.6 Å². The van der Waals surface area contributed by atoms with E-state index in [1.165, 1.54) is 12.1 Å². The first-order valence-electron chi connectivity index (χ1n) is 14.9. The second-order valence-corrected chi connectivity index (χ2v) is 12.0. The number of alkyl halides is 3. The fourth-order valence-corrected chi connectivity index (χ4v) is 6.03. The lowest BCUT2D eigenvalue weighted by Gasteiger charge is -2.12. The van der Waals surface area contributed by atoms with Crippen molar-refractivity contribution < 1.29 is 27.4 Å². The van der Waals surface area contributed by atoms with Gasteiger partial charge >= 0.3 is 6.36 Å². The van der Waals surface area contributed by atoms with Crippen molar-refractivity contribution in [1.29, 1.82) is 0 Å². The van der Waals surface area contributed by atoms with Gasteiger partial charge in [0.25, 0.3) is 5.91 Å². The molecule has 2 heterocycles. The van der Waals surface area contributed by atoms with E-state index in [1.54, 1.807) is 13.0 Å². The van der Waals surface area contributed by atoms with Crippen LogP contribution in [0.4, 0.5) is 13.2 Å². The molecule has 0 bridgehead atoms. The first-order chi connectivity index (χ1) is 21.7. The maximum atomic E-state index is 13.7. The predicted octanol–water partition coefficient (Wildman–Crippen LogP) is 8.60. The lowest BCUT2D eigenvalue weighted by molar-refractivity contribution is -0.274. The summed E-state index contributed by atoms with van der Waals surface area (Å²) in [6.45, 7) is 9.92. The molecular formula is C35H36ClF3N4O3. The minimum atomic E-state index is -4.81. The van der Waals surface area contributed by atoms with Crippen molar-refractivity contribution in [2.24, 2.45) is 7.05 Å². The molecule has 0 fully saturated rings. The molecule has 0 aliphatic carbocycles. The van der Waals surface area contributed by atoms with E-state index in [9.17, 15) is 18.0 Å². The number of para-hydroxylation sites is 1. The van der Waals surface area contributed by atoms with E-state index in [0.717, 1.165) is 55.9 Å². The molecule has 1 amide bonds. The van der Waals surface area contributed by atoms with Gasteiger partial charge in [-0.15, -0.1) is 13.2 Å². The zero-order chi connectivity index (χ0) is 33.3. The number of carbonyl (C=O) groups is 1. The Morgan fingerprint density at radius 1 is 1.02 bits per heavy atom. The third kappa shape index (κ3) is 7.17. The third-order valence-electron chi connectivity index (χ3n) is 7.99. The van der Waals surface area contributed by atoms with E-state index < -0.39 is 6.36 Å². The van der Waals surface area contributed by atoms with E-state index >= 15 is 0 Å². The van der Waals surface area contributed by atoms with Crippen molar-refractivity contribution >= 4 is 28.4 Å². The number of aryl methyl sites for hydroxylation is 6. The number of aromatic amines is 1. The molecule has 46 heavy (non-hydrogen) atoms. The van der Waals surface area contributed by atoms with E-state index in [0.29, 0.717) is 41.3 Å². The molecule has 7 nitrogen and oxygen atoms in total. The van der Waals surface area contributed by atoms with Gasteiger partial charge in [0.1, 0.15) is 17.2 Å². The maximum absolute atomic E-state index is 13.7. The second kappa shape index (κ2) is 13.1. The standard InChI is InChI=1S/C35H36ClF3N4O3/c1-19-13-24(17-26(14-19)46-35(37,38)39)18-40-34(44)33-28(11-8-12-45-25-15-20(2)31(36)21(3)16-25)27-9-7-10-29(32(27)41-33)30-22(4)42-43(6)23(30)5/h7,9-10,13-17,41H,8,11-12,18H2,1-6H3,(H,40,44). The van der Waals surface area contributed by atoms with Gasteiger partial charge in [0.2, 0.25) is 0 Å². The molecule has 0 spiro atoms. The number of carbonyl (C=O) groups excluding carboxylic acids is 1. The number of halogens is 4. The number of ether oxygens (including phenoxy) is 2. The quantitative estimate of drug-likeness (QED) is 0.148. The average Bonchev–Trinajstić information content (AvgIpc) is 3.46. The molecule has 0 aliphatic rings. The summed E-state index contributed by atoms with van der Waals surface area (Å²) in [5.74, 6) is 0.0237. The smallest absolute Gasteiger partial charge is 0.494 e. The molecule has 11 heteroatoms. The second-order valence-electron chi connectivity index (χ2n) is 11.6. The van der Waals surface area contributed by atoms with E-state index in [2.05, 4.69) is 20.1 Å². The van der Waals surface area contributed by atoms with Gasteiger partial charge in [-0.25, -0.2) is 0 Å². The number of hydrogen-bond acceptors (Lipinski definition) is 4. The van der Waals surface area contributed by atoms with Crippen LogP contribution in [-0.2, 0) is 20.0 Å². The van der Waals surface area contributed by atoms with E-state index in [1.807, 2.05) is 69.8 Å². The summed E-state index contributed by atoms with van der Waals surface area (Å²) < 4.78 is 50.5. The van der Waals surface area contributed by atoms with Crippen molar-refractivity contribution in [3.8, 4) is 22.6 Å². The monoisotopic (exact) mass is 652 g/mol. The first-order valence-corrected chi connectivity index (χ1v) is 15.3. The Kier molecular flexibility index (Phi) is 9.39. The summed E-state index contributed by atoms with van der Waals surface area (Å²) in [4.78, 5) is 17.1. The molecule has 5 aromatic rings. The highest BCUT2D eigenvalue weighted by Crippen LogP contribution is 2.36. The van der Waals surface area contributed by atoms with Gasteiger partial charge in [-0.3, -0.25) is 9.48 Å². The molecule has 0 aliphatic heterocycles.